The van der Waals surface area contributed by atoms with Gasteiger partial charge in [0.1, 0.15) is 0 Å². The Balaban J connectivity index is 1.51. The third-order valence-electron chi connectivity index (χ3n) is 4.23. The van der Waals surface area contributed by atoms with Gasteiger partial charge in [-0.2, -0.15) is 0 Å². The molecule has 0 aliphatic rings. The molecule has 27 heavy (non-hydrogen) atoms. The van der Waals surface area contributed by atoms with E-state index < -0.39 is 5.69 Å². The lowest BCUT2D eigenvalue weighted by Crippen LogP contribution is -2.35. The van der Waals surface area contributed by atoms with E-state index in [2.05, 4.69) is 4.98 Å². The van der Waals surface area contributed by atoms with Crippen LogP contribution in [0, 0.1) is 0 Å². The SMILES string of the molecule is O=C(CCc1ccccc1Cl)OCCCn1c(=O)[nH]c2ccccc2c1=O. The van der Waals surface area contributed by atoms with Crippen LogP contribution in [0.15, 0.2) is 58.1 Å². The van der Waals surface area contributed by atoms with Crippen molar-refractivity contribution in [2.75, 3.05) is 6.61 Å². The molecular formula is C20H19ClN2O4. The van der Waals surface area contributed by atoms with Crippen LogP contribution < -0.4 is 11.2 Å². The van der Waals surface area contributed by atoms with Gasteiger partial charge in [-0.15, -0.1) is 0 Å². The third-order valence-corrected chi connectivity index (χ3v) is 4.60. The smallest absolute Gasteiger partial charge is 0.328 e. The van der Waals surface area contributed by atoms with Crippen LogP contribution in [-0.2, 0) is 22.5 Å². The number of fused-ring (bicyclic) bond motifs is 1. The molecule has 0 atom stereocenters. The molecule has 3 rings (SSSR count). The van der Waals surface area contributed by atoms with E-state index in [4.69, 9.17) is 16.3 Å². The van der Waals surface area contributed by atoms with Gasteiger partial charge in [0, 0.05) is 18.0 Å². The van der Waals surface area contributed by atoms with E-state index in [1.165, 1.54) is 0 Å². The van der Waals surface area contributed by atoms with Crippen molar-refractivity contribution < 1.29 is 9.53 Å². The first-order valence-electron chi connectivity index (χ1n) is 8.67. The average molecular weight is 387 g/mol. The van der Waals surface area contributed by atoms with Crippen LogP contribution in [0.5, 0.6) is 0 Å². The van der Waals surface area contributed by atoms with E-state index in [9.17, 15) is 14.4 Å². The molecule has 0 spiro atoms. The minimum atomic E-state index is -0.469. The summed E-state index contributed by atoms with van der Waals surface area (Å²) in [7, 11) is 0. The normalized spacial score (nSPS) is 10.9. The van der Waals surface area contributed by atoms with E-state index in [1.54, 1.807) is 30.3 Å². The zero-order valence-corrected chi connectivity index (χ0v) is 15.4. The van der Waals surface area contributed by atoms with Crippen LogP contribution in [0.3, 0.4) is 0 Å². The monoisotopic (exact) mass is 386 g/mol. The second-order valence-corrected chi connectivity index (χ2v) is 6.51. The Morgan fingerprint density at radius 1 is 1.07 bits per heavy atom. The van der Waals surface area contributed by atoms with Crippen LogP contribution in [0.1, 0.15) is 18.4 Å². The maximum Gasteiger partial charge on any atom is 0.328 e. The number of halogens is 1. The van der Waals surface area contributed by atoms with Crippen LogP contribution in [0.25, 0.3) is 10.9 Å². The number of aromatic amines is 1. The highest BCUT2D eigenvalue weighted by Gasteiger charge is 2.09. The zero-order chi connectivity index (χ0) is 19.2. The van der Waals surface area contributed by atoms with Crippen molar-refractivity contribution in [3.05, 3.63) is 80.0 Å². The van der Waals surface area contributed by atoms with Crippen molar-refractivity contribution in [2.24, 2.45) is 0 Å². The number of rotatable bonds is 7. The lowest BCUT2D eigenvalue weighted by atomic mass is 10.1. The fourth-order valence-electron chi connectivity index (χ4n) is 2.82. The van der Waals surface area contributed by atoms with Gasteiger partial charge in [0.05, 0.1) is 17.5 Å². The van der Waals surface area contributed by atoms with Crippen molar-refractivity contribution >= 4 is 28.5 Å². The zero-order valence-electron chi connectivity index (χ0n) is 14.6. The fourth-order valence-corrected chi connectivity index (χ4v) is 3.05. The van der Waals surface area contributed by atoms with E-state index in [1.807, 2.05) is 18.2 Å². The van der Waals surface area contributed by atoms with E-state index >= 15 is 0 Å². The van der Waals surface area contributed by atoms with E-state index in [0.717, 1.165) is 10.1 Å². The Hall–Kier alpha value is -2.86. The first-order chi connectivity index (χ1) is 13.1. The number of benzene rings is 2. The minimum Gasteiger partial charge on any atom is -0.466 e. The molecule has 0 saturated heterocycles. The number of hydrogen-bond acceptors (Lipinski definition) is 4. The van der Waals surface area contributed by atoms with Crippen LogP contribution >= 0.6 is 11.6 Å². The second kappa shape index (κ2) is 8.68. The molecule has 0 bridgehead atoms. The predicted molar refractivity (Wildman–Crippen MR) is 104 cm³/mol. The predicted octanol–water partition coefficient (Wildman–Crippen LogP) is 2.91. The number of carbonyl (C=O) groups excluding carboxylic acids is 1. The first kappa shape index (κ1) is 18.9. The summed E-state index contributed by atoms with van der Waals surface area (Å²) in [5.74, 6) is -0.338. The number of esters is 1. The molecule has 0 unspecified atom stereocenters. The molecule has 0 fully saturated rings. The maximum absolute atomic E-state index is 12.4. The lowest BCUT2D eigenvalue weighted by Gasteiger charge is -2.08. The summed E-state index contributed by atoms with van der Waals surface area (Å²) in [6.07, 6.45) is 1.10. The summed E-state index contributed by atoms with van der Waals surface area (Å²) < 4.78 is 6.31. The molecule has 1 aromatic heterocycles. The maximum atomic E-state index is 12.4. The van der Waals surface area contributed by atoms with Crippen molar-refractivity contribution in [2.45, 2.75) is 25.8 Å². The molecule has 0 aliphatic carbocycles. The highest BCUT2D eigenvalue weighted by atomic mass is 35.5. The van der Waals surface area contributed by atoms with Crippen LogP contribution in [0.4, 0.5) is 0 Å². The van der Waals surface area contributed by atoms with Crippen LogP contribution in [-0.4, -0.2) is 22.1 Å². The summed E-state index contributed by atoms with van der Waals surface area (Å²) in [4.78, 5) is 39.0. The highest BCUT2D eigenvalue weighted by molar-refractivity contribution is 6.31. The van der Waals surface area contributed by atoms with Gasteiger partial charge in [0.15, 0.2) is 0 Å². The van der Waals surface area contributed by atoms with Crippen molar-refractivity contribution in [3.63, 3.8) is 0 Å². The van der Waals surface area contributed by atoms with Gasteiger partial charge in [-0.1, -0.05) is 41.9 Å². The van der Waals surface area contributed by atoms with Gasteiger partial charge >= 0.3 is 11.7 Å². The number of aromatic nitrogens is 2. The molecule has 1 N–H and O–H groups in total. The first-order valence-corrected chi connectivity index (χ1v) is 9.05. The number of ether oxygens (including phenoxy) is 1. The fraction of sp³-hybridized carbons (Fsp3) is 0.250. The molecule has 2 aromatic carbocycles. The van der Waals surface area contributed by atoms with Crippen LogP contribution in [0.2, 0.25) is 5.02 Å². The molecule has 3 aromatic rings. The summed E-state index contributed by atoms with van der Waals surface area (Å²) in [5.41, 5.74) is 0.586. The van der Waals surface area contributed by atoms with E-state index in [-0.39, 0.29) is 31.1 Å². The van der Waals surface area contributed by atoms with Gasteiger partial charge in [-0.3, -0.25) is 14.2 Å². The Morgan fingerprint density at radius 3 is 2.63 bits per heavy atom. The Labute approximate surface area is 160 Å². The molecule has 0 aliphatic heterocycles. The quantitative estimate of drug-likeness (QED) is 0.500. The molecule has 0 saturated carbocycles. The van der Waals surface area contributed by atoms with Gasteiger partial charge in [0.25, 0.3) is 5.56 Å². The van der Waals surface area contributed by atoms with Gasteiger partial charge in [-0.25, -0.2) is 4.79 Å². The third kappa shape index (κ3) is 4.65. The van der Waals surface area contributed by atoms with Gasteiger partial charge < -0.3 is 9.72 Å². The summed E-state index contributed by atoms with van der Waals surface area (Å²) in [5, 5.41) is 1.08. The second-order valence-electron chi connectivity index (χ2n) is 6.10. The van der Waals surface area contributed by atoms with Crippen molar-refractivity contribution in [1.82, 2.24) is 9.55 Å². The molecule has 7 heteroatoms. The number of H-pyrrole nitrogens is 1. The molecule has 1 heterocycles. The largest absolute Gasteiger partial charge is 0.466 e. The van der Waals surface area contributed by atoms with Gasteiger partial charge in [0.2, 0.25) is 0 Å². The minimum absolute atomic E-state index is 0.139. The Morgan fingerprint density at radius 2 is 1.81 bits per heavy atom. The summed E-state index contributed by atoms with van der Waals surface area (Å²) in [6.45, 7) is 0.316. The number of carbonyl (C=O) groups is 1. The number of nitrogens with zero attached hydrogens (tertiary/aromatic N) is 1. The highest BCUT2D eigenvalue weighted by Crippen LogP contribution is 2.16. The van der Waals surface area contributed by atoms with Crippen molar-refractivity contribution in [1.29, 1.82) is 0 Å². The number of aryl methyl sites for hydroxylation is 1. The van der Waals surface area contributed by atoms with E-state index in [0.29, 0.717) is 28.8 Å². The molecule has 0 amide bonds. The molecular weight excluding hydrogens is 368 g/mol. The summed E-state index contributed by atoms with van der Waals surface area (Å²) >= 11 is 6.06. The Bertz CT molecular complexity index is 1070. The number of hydrogen-bond donors (Lipinski definition) is 1. The average Bonchev–Trinajstić information content (AvgIpc) is 2.66. The molecule has 140 valence electrons. The number of para-hydroxylation sites is 1. The summed E-state index contributed by atoms with van der Waals surface area (Å²) in [6, 6.07) is 14.2. The lowest BCUT2D eigenvalue weighted by molar-refractivity contribution is -0.143. The molecule has 0 radical (unpaired) electrons. The topological polar surface area (TPSA) is 81.2 Å². The number of nitrogens with one attached hydrogen (secondary N) is 1. The van der Waals surface area contributed by atoms with Crippen molar-refractivity contribution in [3.8, 4) is 0 Å². The Kier molecular flexibility index (Phi) is 6.08. The standard InChI is InChI=1S/C20H19ClN2O4/c21-16-8-3-1-6-14(16)10-11-18(24)27-13-5-12-23-19(25)15-7-2-4-9-17(15)22-20(23)26/h1-4,6-9H,5,10-13H2,(H,22,26). The molecule has 6 nitrogen and oxygen atoms in total. The van der Waals surface area contributed by atoms with Gasteiger partial charge in [-0.05, 0) is 36.6 Å².